The van der Waals surface area contributed by atoms with Gasteiger partial charge in [-0.05, 0) is 0 Å². The Morgan fingerprint density at radius 2 is 2.40 bits per heavy atom. The minimum absolute atomic E-state index is 0.000134. The number of aliphatic hydroxyl groups excluding tert-OH is 2. The first kappa shape index (κ1) is 14.3. The molecule has 20 heavy (non-hydrogen) atoms. The molecule has 1 aromatic rings. The maximum absolute atomic E-state index is 11.8. The zero-order valence-electron chi connectivity index (χ0n) is 10.7. The van der Waals surface area contributed by atoms with Gasteiger partial charge < -0.3 is 19.7 Å². The molecule has 0 radical (unpaired) electrons. The van der Waals surface area contributed by atoms with Crippen molar-refractivity contribution in [2.45, 2.75) is 24.4 Å². The molecule has 0 amide bonds. The first-order valence-corrected chi connectivity index (χ1v) is 5.81. The fourth-order valence-electron chi connectivity index (χ4n) is 2.07. The van der Waals surface area contributed by atoms with Gasteiger partial charge in [-0.3, -0.25) is 14.3 Å². The van der Waals surface area contributed by atoms with Crippen LogP contribution in [0.15, 0.2) is 15.8 Å². The van der Waals surface area contributed by atoms with Crippen LogP contribution in [0.1, 0.15) is 12.6 Å². The number of hydrogen-bond acceptors (Lipinski definition) is 6. The Morgan fingerprint density at radius 3 is 2.90 bits per heavy atom. The lowest BCUT2D eigenvalue weighted by Gasteiger charge is -2.23. The van der Waals surface area contributed by atoms with Crippen molar-refractivity contribution in [1.29, 1.82) is 0 Å². The zero-order valence-corrected chi connectivity index (χ0v) is 10.7. The summed E-state index contributed by atoms with van der Waals surface area (Å²) in [5, 5.41) is 19.2. The highest BCUT2D eigenvalue weighted by Crippen LogP contribution is 2.35. The van der Waals surface area contributed by atoms with Crippen LogP contribution in [0.2, 0.25) is 0 Å². The van der Waals surface area contributed by atoms with E-state index in [1.165, 1.54) is 13.3 Å². The molecule has 1 aromatic heterocycles. The monoisotopic (exact) mass is 282 g/mol. The molecule has 1 aliphatic heterocycles. The second kappa shape index (κ2) is 5.13. The van der Waals surface area contributed by atoms with Crippen molar-refractivity contribution < 1.29 is 19.7 Å². The molecule has 8 nitrogen and oxygen atoms in total. The molecule has 1 fully saturated rings. The highest BCUT2D eigenvalue weighted by atomic mass is 16.6. The minimum atomic E-state index is -1.56. The molecule has 0 aromatic carbocycles. The standard InChI is InChI=1S/C12H14N2O6/c1-3-12(6-15)8(16)4-9(20-12)14-5-7(19-2)10(17)13-11(14)18/h1,5,8-9,15-16H,4,6H2,2H3,(H,13,17,18)/t8-,9+,12+/m0/s1. The number of hydrogen-bond donors (Lipinski definition) is 3. The number of nitrogens with one attached hydrogen (secondary N) is 1. The van der Waals surface area contributed by atoms with E-state index in [0.717, 1.165) is 4.57 Å². The number of aromatic amines is 1. The van der Waals surface area contributed by atoms with Crippen LogP contribution in [0.4, 0.5) is 0 Å². The van der Waals surface area contributed by atoms with Crippen molar-refractivity contribution in [2.24, 2.45) is 0 Å². The van der Waals surface area contributed by atoms with Crippen LogP contribution in [-0.4, -0.2) is 45.2 Å². The predicted molar refractivity (Wildman–Crippen MR) is 67.3 cm³/mol. The third kappa shape index (κ3) is 2.12. The molecule has 8 heteroatoms. The Morgan fingerprint density at radius 1 is 1.70 bits per heavy atom. The number of nitrogens with zero attached hydrogens (tertiary/aromatic N) is 1. The number of terminal acetylenes is 1. The number of methoxy groups -OCH3 is 1. The molecular weight excluding hydrogens is 268 g/mol. The summed E-state index contributed by atoms with van der Waals surface area (Å²) in [5.74, 6) is 2.12. The Bertz CT molecular complexity index is 657. The normalized spacial score (nSPS) is 29.1. The quantitative estimate of drug-likeness (QED) is 0.563. The van der Waals surface area contributed by atoms with Gasteiger partial charge in [0.25, 0.3) is 5.56 Å². The third-order valence-electron chi connectivity index (χ3n) is 3.25. The van der Waals surface area contributed by atoms with Gasteiger partial charge in [0.05, 0.1) is 19.9 Å². The molecule has 0 bridgehead atoms. The van der Waals surface area contributed by atoms with Gasteiger partial charge in [0.15, 0.2) is 5.60 Å². The van der Waals surface area contributed by atoms with Crippen LogP contribution in [0.3, 0.4) is 0 Å². The van der Waals surface area contributed by atoms with E-state index in [0.29, 0.717) is 0 Å². The van der Waals surface area contributed by atoms with Crippen molar-refractivity contribution >= 4 is 0 Å². The molecule has 1 aliphatic rings. The molecule has 0 spiro atoms. The molecular formula is C12H14N2O6. The van der Waals surface area contributed by atoms with Gasteiger partial charge in [0.2, 0.25) is 5.75 Å². The Labute approximate surface area is 113 Å². The summed E-state index contributed by atoms with van der Waals surface area (Å²) in [6.45, 7) is -0.587. The number of aliphatic hydroxyl groups is 2. The lowest BCUT2D eigenvalue weighted by Crippen LogP contribution is -2.41. The molecule has 108 valence electrons. The molecule has 0 saturated carbocycles. The Balaban J connectivity index is 2.43. The summed E-state index contributed by atoms with van der Waals surface area (Å²) in [6, 6.07) is 0. The van der Waals surface area contributed by atoms with Crippen LogP contribution in [0.5, 0.6) is 5.75 Å². The van der Waals surface area contributed by atoms with Crippen LogP contribution >= 0.6 is 0 Å². The largest absolute Gasteiger partial charge is 0.490 e. The number of H-pyrrole nitrogens is 1. The average Bonchev–Trinajstić information content (AvgIpc) is 2.76. The first-order chi connectivity index (χ1) is 9.47. The minimum Gasteiger partial charge on any atom is -0.490 e. The summed E-state index contributed by atoms with van der Waals surface area (Å²) in [6.07, 6.45) is 4.39. The van der Waals surface area contributed by atoms with E-state index < -0.39 is 35.8 Å². The fraction of sp³-hybridized carbons (Fsp3) is 0.500. The van der Waals surface area contributed by atoms with E-state index in [9.17, 15) is 19.8 Å². The second-order valence-corrected chi connectivity index (χ2v) is 4.38. The van der Waals surface area contributed by atoms with Gasteiger partial charge in [-0.2, -0.15) is 0 Å². The third-order valence-corrected chi connectivity index (χ3v) is 3.25. The van der Waals surface area contributed by atoms with E-state index in [1.807, 2.05) is 0 Å². The van der Waals surface area contributed by atoms with Crippen LogP contribution < -0.4 is 16.0 Å². The summed E-state index contributed by atoms with van der Waals surface area (Å²) in [7, 11) is 1.28. The van der Waals surface area contributed by atoms with Gasteiger partial charge in [-0.1, -0.05) is 5.92 Å². The van der Waals surface area contributed by atoms with Crippen LogP contribution in [0, 0.1) is 12.3 Å². The van der Waals surface area contributed by atoms with E-state index >= 15 is 0 Å². The molecule has 2 heterocycles. The molecule has 2 rings (SSSR count). The maximum atomic E-state index is 11.8. The first-order valence-electron chi connectivity index (χ1n) is 5.81. The van der Waals surface area contributed by atoms with Crippen LogP contribution in [-0.2, 0) is 4.74 Å². The predicted octanol–water partition coefficient (Wildman–Crippen LogP) is -1.81. The van der Waals surface area contributed by atoms with E-state index in [2.05, 4.69) is 10.9 Å². The summed E-state index contributed by atoms with van der Waals surface area (Å²) < 4.78 is 11.3. The lowest BCUT2D eigenvalue weighted by atomic mass is 9.99. The van der Waals surface area contributed by atoms with Crippen molar-refractivity contribution in [3.05, 3.63) is 27.0 Å². The Kier molecular flexibility index (Phi) is 3.67. The second-order valence-electron chi connectivity index (χ2n) is 4.38. The summed E-state index contributed by atoms with van der Waals surface area (Å²) in [4.78, 5) is 25.2. The van der Waals surface area contributed by atoms with Crippen molar-refractivity contribution in [3.8, 4) is 18.1 Å². The summed E-state index contributed by atoms with van der Waals surface area (Å²) in [5.41, 5.74) is -2.95. The van der Waals surface area contributed by atoms with Crippen molar-refractivity contribution in [1.82, 2.24) is 9.55 Å². The van der Waals surface area contributed by atoms with Gasteiger partial charge in [0, 0.05) is 6.42 Å². The Hall–Kier alpha value is -2.08. The highest BCUT2D eigenvalue weighted by Gasteiger charge is 2.47. The molecule has 0 unspecified atom stereocenters. The summed E-state index contributed by atoms with van der Waals surface area (Å²) >= 11 is 0. The molecule has 3 atom stereocenters. The number of aromatic nitrogens is 2. The smallest absolute Gasteiger partial charge is 0.330 e. The van der Waals surface area contributed by atoms with Crippen molar-refractivity contribution in [2.75, 3.05) is 13.7 Å². The fourth-order valence-corrected chi connectivity index (χ4v) is 2.07. The lowest BCUT2D eigenvalue weighted by molar-refractivity contribution is -0.0913. The molecule has 0 aliphatic carbocycles. The maximum Gasteiger partial charge on any atom is 0.330 e. The average molecular weight is 282 g/mol. The van der Waals surface area contributed by atoms with Gasteiger partial charge in [-0.25, -0.2) is 4.79 Å². The van der Waals surface area contributed by atoms with E-state index in [-0.39, 0.29) is 12.2 Å². The highest BCUT2D eigenvalue weighted by molar-refractivity contribution is 5.17. The topological polar surface area (TPSA) is 114 Å². The number of rotatable bonds is 3. The van der Waals surface area contributed by atoms with Gasteiger partial charge >= 0.3 is 5.69 Å². The number of ether oxygens (including phenoxy) is 2. The zero-order chi connectivity index (χ0) is 14.9. The van der Waals surface area contributed by atoms with Crippen LogP contribution in [0.25, 0.3) is 0 Å². The molecule has 3 N–H and O–H groups in total. The van der Waals surface area contributed by atoms with Gasteiger partial charge in [0.1, 0.15) is 12.3 Å². The van der Waals surface area contributed by atoms with Crippen molar-refractivity contribution in [3.63, 3.8) is 0 Å². The van der Waals surface area contributed by atoms with E-state index in [1.54, 1.807) is 0 Å². The van der Waals surface area contributed by atoms with Gasteiger partial charge in [-0.15, -0.1) is 6.42 Å². The molecule has 1 saturated heterocycles. The van der Waals surface area contributed by atoms with E-state index in [4.69, 9.17) is 15.9 Å². The SMILES string of the molecule is C#C[C@]1(CO)O[C@@H](n2cc(OC)c(=O)[nH]c2=O)C[C@@H]1O.